The Morgan fingerprint density at radius 1 is 1.17 bits per heavy atom. The summed E-state index contributed by atoms with van der Waals surface area (Å²) in [5, 5.41) is 0. The van der Waals surface area contributed by atoms with Crippen LogP contribution in [0.15, 0.2) is 36.0 Å². The maximum atomic E-state index is 4.09. The van der Waals surface area contributed by atoms with E-state index in [0.717, 1.165) is 0 Å². The molecule has 0 aromatic heterocycles. The zero-order valence-electron chi connectivity index (χ0n) is 8.99. The molecule has 0 spiro atoms. The number of hydrogen-bond donors (Lipinski definition) is 0. The summed E-state index contributed by atoms with van der Waals surface area (Å²) < 4.78 is 0. The third-order valence-corrected chi connectivity index (χ3v) is 2.26. The highest BCUT2D eigenvalue weighted by atomic mass is 14.2. The minimum atomic E-state index is 0.161. The van der Waals surface area contributed by atoms with Crippen molar-refractivity contribution >= 4 is 0 Å². The lowest BCUT2D eigenvalue weighted by Gasteiger charge is -2.23. The van der Waals surface area contributed by atoms with Gasteiger partial charge in [0, 0.05) is 0 Å². The third kappa shape index (κ3) is 2.69. The summed E-state index contributed by atoms with van der Waals surface area (Å²) in [6.07, 6.45) is 1.88. The van der Waals surface area contributed by atoms with E-state index in [4.69, 9.17) is 0 Å². The molecule has 0 aliphatic rings. The summed E-state index contributed by atoms with van der Waals surface area (Å²) in [7, 11) is 0. The molecule has 0 atom stereocenters. The lowest BCUT2D eigenvalue weighted by molar-refractivity contribution is 0.512. The molecule has 0 heteroatoms. The quantitative estimate of drug-likeness (QED) is 0.539. The fraction of sp³-hybridized carbons (Fsp3) is 0.500. The van der Waals surface area contributed by atoms with Crippen molar-refractivity contribution in [1.82, 2.24) is 0 Å². The van der Waals surface area contributed by atoms with E-state index in [1.807, 2.05) is 6.08 Å². The summed E-state index contributed by atoms with van der Waals surface area (Å²) in [6, 6.07) is 0. The summed E-state index contributed by atoms with van der Waals surface area (Å²) in [6.45, 7) is 18.5. The summed E-state index contributed by atoms with van der Waals surface area (Å²) >= 11 is 0. The Morgan fingerprint density at radius 3 is 1.83 bits per heavy atom. The van der Waals surface area contributed by atoms with Crippen molar-refractivity contribution in [1.29, 1.82) is 0 Å². The van der Waals surface area contributed by atoms with Gasteiger partial charge in [-0.3, -0.25) is 0 Å². The van der Waals surface area contributed by atoms with Crippen LogP contribution in [0.4, 0.5) is 0 Å². The molecule has 0 rings (SSSR count). The van der Waals surface area contributed by atoms with Crippen LogP contribution in [-0.4, -0.2) is 0 Å². The van der Waals surface area contributed by atoms with Gasteiger partial charge in [0.05, 0.1) is 0 Å². The molecular formula is C12H20. The van der Waals surface area contributed by atoms with E-state index in [9.17, 15) is 0 Å². The molecule has 0 nitrogen and oxygen atoms in total. The van der Waals surface area contributed by atoms with E-state index < -0.39 is 0 Å². The van der Waals surface area contributed by atoms with Crippen molar-refractivity contribution in [3.05, 3.63) is 36.0 Å². The van der Waals surface area contributed by atoms with Gasteiger partial charge in [0.2, 0.25) is 0 Å². The molecule has 0 unspecified atom stereocenters. The van der Waals surface area contributed by atoms with Gasteiger partial charge in [0.15, 0.2) is 0 Å². The standard InChI is InChI=1S/C12H20/c1-8-9(2)10(3)11(4)12(5,6)7/h8H,1,4H2,2-3,5-7H3. The SMILES string of the molecule is C=CC(C)=C(C)C(=C)C(C)(C)C. The fourth-order valence-corrected chi connectivity index (χ4v) is 0.954. The van der Waals surface area contributed by atoms with Gasteiger partial charge in [-0.2, -0.15) is 0 Å². The molecule has 0 amide bonds. The molecule has 68 valence electrons. The van der Waals surface area contributed by atoms with Crippen molar-refractivity contribution in [3.8, 4) is 0 Å². The van der Waals surface area contributed by atoms with E-state index in [1.54, 1.807) is 0 Å². The second-order valence-electron chi connectivity index (χ2n) is 4.24. The van der Waals surface area contributed by atoms with Gasteiger partial charge in [0.1, 0.15) is 0 Å². The smallest absolute Gasteiger partial charge is 0.0135 e. The second kappa shape index (κ2) is 3.75. The topological polar surface area (TPSA) is 0 Å². The van der Waals surface area contributed by atoms with Crippen LogP contribution >= 0.6 is 0 Å². The first-order chi connectivity index (χ1) is 5.30. The minimum absolute atomic E-state index is 0.161. The Labute approximate surface area is 76.7 Å². The number of hydrogen-bond acceptors (Lipinski definition) is 0. The van der Waals surface area contributed by atoms with E-state index >= 15 is 0 Å². The maximum Gasteiger partial charge on any atom is -0.0135 e. The lowest BCUT2D eigenvalue weighted by Crippen LogP contribution is -2.09. The molecule has 0 N–H and O–H groups in total. The van der Waals surface area contributed by atoms with Gasteiger partial charge in [-0.25, -0.2) is 0 Å². The van der Waals surface area contributed by atoms with Crippen LogP contribution in [0.25, 0.3) is 0 Å². The molecule has 0 fully saturated rings. The summed E-state index contributed by atoms with van der Waals surface area (Å²) in [4.78, 5) is 0. The number of allylic oxidation sites excluding steroid dienone is 4. The van der Waals surface area contributed by atoms with Crippen LogP contribution in [0.1, 0.15) is 34.6 Å². The van der Waals surface area contributed by atoms with Gasteiger partial charge in [0.25, 0.3) is 0 Å². The average Bonchev–Trinajstić information content (AvgIpc) is 1.98. The van der Waals surface area contributed by atoms with E-state index in [1.165, 1.54) is 16.7 Å². The molecule has 0 aromatic rings. The zero-order chi connectivity index (χ0) is 9.94. The van der Waals surface area contributed by atoms with Crippen LogP contribution in [0, 0.1) is 5.41 Å². The highest BCUT2D eigenvalue weighted by Crippen LogP contribution is 2.30. The van der Waals surface area contributed by atoms with Crippen LogP contribution < -0.4 is 0 Å². The largest absolute Gasteiger partial charge is 0.0988 e. The summed E-state index contributed by atoms with van der Waals surface area (Å²) in [5.41, 5.74) is 3.83. The van der Waals surface area contributed by atoms with Crippen molar-refractivity contribution in [2.24, 2.45) is 5.41 Å². The highest BCUT2D eigenvalue weighted by Gasteiger charge is 2.16. The van der Waals surface area contributed by atoms with Gasteiger partial charge in [-0.1, -0.05) is 40.0 Å². The normalized spacial score (nSPS) is 13.8. The van der Waals surface area contributed by atoms with Gasteiger partial charge in [-0.05, 0) is 36.0 Å². The first kappa shape index (κ1) is 11.2. The molecule has 0 saturated heterocycles. The molecule has 0 aromatic carbocycles. The fourth-order valence-electron chi connectivity index (χ4n) is 0.954. The highest BCUT2D eigenvalue weighted by molar-refractivity contribution is 5.38. The van der Waals surface area contributed by atoms with Crippen LogP contribution in [-0.2, 0) is 0 Å². The van der Waals surface area contributed by atoms with E-state index in [-0.39, 0.29) is 5.41 Å². The Hall–Kier alpha value is -0.780. The molecule has 0 bridgehead atoms. The second-order valence-corrected chi connectivity index (χ2v) is 4.24. The summed E-state index contributed by atoms with van der Waals surface area (Å²) in [5.74, 6) is 0. The van der Waals surface area contributed by atoms with Crippen LogP contribution in [0.2, 0.25) is 0 Å². The Morgan fingerprint density at radius 2 is 1.58 bits per heavy atom. The lowest BCUT2D eigenvalue weighted by atomic mass is 9.82. The molecule has 12 heavy (non-hydrogen) atoms. The van der Waals surface area contributed by atoms with Gasteiger partial charge >= 0.3 is 0 Å². The van der Waals surface area contributed by atoms with Crippen molar-refractivity contribution in [3.63, 3.8) is 0 Å². The first-order valence-electron chi connectivity index (χ1n) is 4.30. The number of rotatable bonds is 2. The van der Waals surface area contributed by atoms with Crippen molar-refractivity contribution < 1.29 is 0 Å². The monoisotopic (exact) mass is 164 g/mol. The maximum absolute atomic E-state index is 4.09. The van der Waals surface area contributed by atoms with Crippen LogP contribution in [0.5, 0.6) is 0 Å². The van der Waals surface area contributed by atoms with Gasteiger partial charge in [-0.15, -0.1) is 0 Å². The average molecular weight is 164 g/mol. The van der Waals surface area contributed by atoms with Crippen molar-refractivity contribution in [2.75, 3.05) is 0 Å². The predicted molar refractivity (Wildman–Crippen MR) is 57.2 cm³/mol. The molecule has 0 aliphatic heterocycles. The van der Waals surface area contributed by atoms with Crippen LogP contribution in [0.3, 0.4) is 0 Å². The Balaban J connectivity index is 4.85. The minimum Gasteiger partial charge on any atom is -0.0988 e. The third-order valence-electron chi connectivity index (χ3n) is 2.26. The zero-order valence-corrected chi connectivity index (χ0v) is 8.99. The Kier molecular flexibility index (Phi) is 3.51. The Bertz CT molecular complexity index is 221. The molecule has 0 radical (unpaired) electrons. The van der Waals surface area contributed by atoms with Crippen molar-refractivity contribution in [2.45, 2.75) is 34.6 Å². The molecule has 0 heterocycles. The first-order valence-corrected chi connectivity index (χ1v) is 4.30. The predicted octanol–water partition coefficient (Wildman–Crippen LogP) is 4.11. The van der Waals surface area contributed by atoms with E-state index in [2.05, 4.69) is 47.8 Å². The van der Waals surface area contributed by atoms with E-state index in [0.29, 0.717) is 0 Å². The molecule has 0 aliphatic carbocycles. The molecule has 0 saturated carbocycles. The van der Waals surface area contributed by atoms with Gasteiger partial charge < -0.3 is 0 Å². The molecular weight excluding hydrogens is 144 g/mol.